The first-order valence-corrected chi connectivity index (χ1v) is 9.98. The van der Waals surface area contributed by atoms with E-state index in [-0.39, 0.29) is 33.9 Å². The van der Waals surface area contributed by atoms with E-state index in [9.17, 15) is 26.4 Å². The van der Waals surface area contributed by atoms with Gasteiger partial charge in [0, 0.05) is 40.1 Å². The standard InChI is InChI=1S/C12H9BrCl2F3NO4S/c13-8-2-7(23-12(16,17)18)3-9(14)11(8)19-4-6(1-10(19)20)5-24(15,21)22/h2-3,6H,1,4-5H2. The fourth-order valence-electron chi connectivity index (χ4n) is 2.38. The maximum absolute atomic E-state index is 12.3. The summed E-state index contributed by atoms with van der Waals surface area (Å²) in [6, 6.07) is 1.95. The van der Waals surface area contributed by atoms with Crippen molar-refractivity contribution in [3.8, 4) is 5.75 Å². The van der Waals surface area contributed by atoms with E-state index in [4.69, 9.17) is 22.3 Å². The Bertz CT molecular complexity index is 749. The summed E-state index contributed by atoms with van der Waals surface area (Å²) < 4.78 is 62.9. The Morgan fingerprint density at radius 2 is 2.00 bits per heavy atom. The van der Waals surface area contributed by atoms with Crippen LogP contribution >= 0.6 is 38.2 Å². The summed E-state index contributed by atoms with van der Waals surface area (Å²) in [5.41, 5.74) is 0.144. The zero-order chi connectivity index (χ0) is 18.3. The summed E-state index contributed by atoms with van der Waals surface area (Å²) in [4.78, 5) is 13.3. The highest BCUT2D eigenvalue weighted by molar-refractivity contribution is 9.10. The Hall–Kier alpha value is -0.710. The van der Waals surface area contributed by atoms with E-state index < -0.39 is 33.0 Å². The molecule has 1 aliphatic rings. The second kappa shape index (κ2) is 6.89. The molecule has 0 aliphatic carbocycles. The van der Waals surface area contributed by atoms with Crippen molar-refractivity contribution in [3.63, 3.8) is 0 Å². The van der Waals surface area contributed by atoms with Gasteiger partial charge >= 0.3 is 6.36 Å². The molecule has 1 aromatic rings. The van der Waals surface area contributed by atoms with Crippen LogP contribution in [0, 0.1) is 5.92 Å². The van der Waals surface area contributed by atoms with Gasteiger partial charge in [-0.05, 0) is 22.0 Å². The Balaban J connectivity index is 2.28. The summed E-state index contributed by atoms with van der Waals surface area (Å²) >= 11 is 9.03. The monoisotopic (exact) mass is 469 g/mol. The molecule has 12 heteroatoms. The van der Waals surface area contributed by atoms with E-state index in [1.165, 1.54) is 4.90 Å². The number of nitrogens with zero attached hydrogens (tertiary/aromatic N) is 1. The van der Waals surface area contributed by atoms with Crippen LogP contribution in [0.2, 0.25) is 5.02 Å². The lowest BCUT2D eigenvalue weighted by Crippen LogP contribution is -2.26. The molecule has 1 aliphatic heterocycles. The zero-order valence-corrected chi connectivity index (χ0v) is 15.5. The van der Waals surface area contributed by atoms with Gasteiger partial charge < -0.3 is 9.64 Å². The van der Waals surface area contributed by atoms with Gasteiger partial charge in [-0.15, -0.1) is 13.2 Å². The Labute approximate surface area is 153 Å². The molecule has 1 atom stereocenters. The third-order valence-electron chi connectivity index (χ3n) is 3.13. The number of amides is 1. The van der Waals surface area contributed by atoms with Crippen molar-refractivity contribution in [1.82, 2.24) is 0 Å². The summed E-state index contributed by atoms with van der Waals surface area (Å²) in [7, 11) is 1.40. The van der Waals surface area contributed by atoms with Crippen LogP contribution in [0.4, 0.5) is 18.9 Å². The predicted molar refractivity (Wildman–Crippen MR) is 85.9 cm³/mol. The van der Waals surface area contributed by atoms with Crippen LogP contribution in [0.1, 0.15) is 6.42 Å². The number of benzene rings is 1. The average Bonchev–Trinajstić information content (AvgIpc) is 2.64. The topological polar surface area (TPSA) is 63.7 Å². The quantitative estimate of drug-likeness (QED) is 0.625. The Morgan fingerprint density at radius 1 is 1.38 bits per heavy atom. The highest BCUT2D eigenvalue weighted by atomic mass is 79.9. The lowest BCUT2D eigenvalue weighted by atomic mass is 10.1. The largest absolute Gasteiger partial charge is 0.573 e. The van der Waals surface area contributed by atoms with E-state index in [2.05, 4.69) is 20.7 Å². The van der Waals surface area contributed by atoms with Gasteiger partial charge in [0.1, 0.15) is 5.75 Å². The second-order valence-electron chi connectivity index (χ2n) is 5.06. The molecule has 0 bridgehead atoms. The van der Waals surface area contributed by atoms with Crippen LogP contribution in [0.15, 0.2) is 16.6 Å². The number of anilines is 1. The van der Waals surface area contributed by atoms with Crippen molar-refractivity contribution in [2.24, 2.45) is 5.92 Å². The highest BCUT2D eigenvalue weighted by Gasteiger charge is 2.36. The SMILES string of the molecule is O=C1CC(CS(=O)(=O)Cl)CN1c1c(Cl)cc(OC(F)(F)F)cc1Br. The first-order chi connectivity index (χ1) is 10.9. The van der Waals surface area contributed by atoms with Crippen molar-refractivity contribution in [3.05, 3.63) is 21.6 Å². The van der Waals surface area contributed by atoms with Gasteiger partial charge in [0.15, 0.2) is 0 Å². The molecule has 0 spiro atoms. The molecule has 24 heavy (non-hydrogen) atoms. The normalized spacial score (nSPS) is 19.0. The van der Waals surface area contributed by atoms with Crippen molar-refractivity contribution >= 4 is 58.9 Å². The number of halogens is 6. The van der Waals surface area contributed by atoms with Gasteiger partial charge in [0.2, 0.25) is 15.0 Å². The molecule has 0 aromatic heterocycles. The molecule has 134 valence electrons. The zero-order valence-electron chi connectivity index (χ0n) is 11.6. The van der Waals surface area contributed by atoms with Crippen LogP contribution in [0.25, 0.3) is 0 Å². The minimum Gasteiger partial charge on any atom is -0.406 e. The molecule has 1 saturated heterocycles. The van der Waals surface area contributed by atoms with Crippen LogP contribution in [-0.4, -0.2) is 33.0 Å². The maximum atomic E-state index is 12.3. The number of ether oxygens (including phenoxy) is 1. The van der Waals surface area contributed by atoms with E-state index in [1.54, 1.807) is 0 Å². The van der Waals surface area contributed by atoms with E-state index in [0.717, 1.165) is 12.1 Å². The van der Waals surface area contributed by atoms with Crippen LogP contribution in [-0.2, 0) is 13.8 Å². The summed E-state index contributed by atoms with van der Waals surface area (Å²) in [6.07, 6.45) is -4.94. The van der Waals surface area contributed by atoms with Crippen molar-refractivity contribution in [2.45, 2.75) is 12.8 Å². The van der Waals surface area contributed by atoms with Gasteiger partial charge in [-0.2, -0.15) is 0 Å². The molecule has 1 amide bonds. The number of rotatable bonds is 4. The van der Waals surface area contributed by atoms with Gasteiger partial charge in [0.05, 0.1) is 16.5 Å². The van der Waals surface area contributed by atoms with E-state index in [0.29, 0.717) is 0 Å². The number of hydrogen-bond acceptors (Lipinski definition) is 4. The van der Waals surface area contributed by atoms with Crippen LogP contribution < -0.4 is 9.64 Å². The van der Waals surface area contributed by atoms with Gasteiger partial charge in [0.25, 0.3) is 0 Å². The van der Waals surface area contributed by atoms with Crippen molar-refractivity contribution in [1.29, 1.82) is 0 Å². The summed E-state index contributed by atoms with van der Waals surface area (Å²) in [6.45, 7) is 0.0303. The molecule has 1 aromatic carbocycles. The van der Waals surface area contributed by atoms with Gasteiger partial charge in [-0.1, -0.05) is 11.6 Å². The van der Waals surface area contributed by atoms with E-state index >= 15 is 0 Å². The number of carbonyl (C=O) groups is 1. The number of alkyl halides is 3. The predicted octanol–water partition coefficient (Wildman–Crippen LogP) is 3.92. The second-order valence-corrected chi connectivity index (χ2v) is 9.15. The lowest BCUT2D eigenvalue weighted by molar-refractivity contribution is -0.274. The Kier molecular flexibility index (Phi) is 5.63. The molecule has 0 radical (unpaired) electrons. The van der Waals surface area contributed by atoms with E-state index in [1.807, 2.05) is 0 Å². The average molecular weight is 471 g/mol. The molecule has 1 heterocycles. The van der Waals surface area contributed by atoms with Crippen molar-refractivity contribution < 1.29 is 31.1 Å². The molecule has 1 fully saturated rings. The molecule has 1 unspecified atom stereocenters. The molecule has 2 rings (SSSR count). The molecule has 0 saturated carbocycles. The third-order valence-corrected chi connectivity index (χ3v) is 5.27. The minimum atomic E-state index is -4.88. The number of carbonyl (C=O) groups excluding carboxylic acids is 1. The van der Waals surface area contributed by atoms with Gasteiger partial charge in [-0.3, -0.25) is 4.79 Å². The van der Waals surface area contributed by atoms with Gasteiger partial charge in [-0.25, -0.2) is 8.42 Å². The first-order valence-electron chi connectivity index (χ1n) is 6.33. The highest BCUT2D eigenvalue weighted by Crippen LogP contribution is 2.41. The van der Waals surface area contributed by atoms with Crippen LogP contribution in [0.3, 0.4) is 0 Å². The fraction of sp³-hybridized carbons (Fsp3) is 0.417. The summed E-state index contributed by atoms with van der Waals surface area (Å²) in [5.74, 6) is -1.88. The maximum Gasteiger partial charge on any atom is 0.573 e. The molecular weight excluding hydrogens is 462 g/mol. The third kappa shape index (κ3) is 5.14. The number of hydrogen-bond donors (Lipinski definition) is 0. The first kappa shape index (κ1) is 19.6. The smallest absolute Gasteiger partial charge is 0.406 e. The minimum absolute atomic E-state index is 0.0303. The molecule has 0 N–H and O–H groups in total. The Morgan fingerprint density at radius 3 is 2.50 bits per heavy atom. The fourth-order valence-corrected chi connectivity index (χ4v) is 4.78. The van der Waals surface area contributed by atoms with Crippen molar-refractivity contribution in [2.75, 3.05) is 17.2 Å². The molecule has 5 nitrogen and oxygen atoms in total. The van der Waals surface area contributed by atoms with Crippen LogP contribution in [0.5, 0.6) is 5.75 Å². The lowest BCUT2D eigenvalue weighted by Gasteiger charge is -2.21. The molecular formula is C12H9BrCl2F3NO4S. The summed E-state index contributed by atoms with van der Waals surface area (Å²) in [5, 5.41) is -0.147.